The van der Waals surface area contributed by atoms with E-state index in [2.05, 4.69) is 10.1 Å². The number of alkyl halides is 3. The lowest BCUT2D eigenvalue weighted by Crippen LogP contribution is -2.43. The number of hydrogen-bond acceptors (Lipinski definition) is 3. The maximum Gasteiger partial charge on any atom is 0.417 e. The summed E-state index contributed by atoms with van der Waals surface area (Å²) in [6.07, 6.45) is -4.86. The van der Waals surface area contributed by atoms with Crippen LogP contribution in [-0.4, -0.2) is 25.0 Å². The molecule has 2 aromatic rings. The van der Waals surface area contributed by atoms with Gasteiger partial charge in [-0.3, -0.25) is 4.79 Å². The Kier molecular flexibility index (Phi) is 5.97. The molecule has 1 N–H and O–H groups in total. The summed E-state index contributed by atoms with van der Waals surface area (Å²) in [4.78, 5) is 24.2. The number of carbonyl (C=O) groups is 2. The molecule has 0 saturated heterocycles. The molecule has 0 aliphatic carbocycles. The summed E-state index contributed by atoms with van der Waals surface area (Å²) in [6, 6.07) is 8.25. The van der Waals surface area contributed by atoms with Crippen molar-refractivity contribution in [3.8, 4) is 0 Å². The molecule has 0 saturated carbocycles. The van der Waals surface area contributed by atoms with Gasteiger partial charge < -0.3 is 10.1 Å². The van der Waals surface area contributed by atoms with E-state index in [1.54, 1.807) is 0 Å². The van der Waals surface area contributed by atoms with Crippen LogP contribution >= 0.6 is 0 Å². The van der Waals surface area contributed by atoms with Crippen molar-refractivity contribution in [1.29, 1.82) is 0 Å². The highest BCUT2D eigenvalue weighted by Gasteiger charge is 2.35. The van der Waals surface area contributed by atoms with Gasteiger partial charge in [0.05, 0.1) is 18.2 Å². The van der Waals surface area contributed by atoms with Crippen LogP contribution in [0.15, 0.2) is 48.5 Å². The standard InChI is InChI=1S/C18H15F4NO3/c1-26-17(25)15(10-11-5-4-6-12(19)9-11)23-16(24)13-7-2-3-8-14(13)18(20,21)22/h2-9,15H,10H2,1H3,(H,23,24)/t15-/m1/s1. The molecule has 2 rings (SSSR count). The highest BCUT2D eigenvalue weighted by atomic mass is 19.4. The van der Waals surface area contributed by atoms with Crippen molar-refractivity contribution in [3.63, 3.8) is 0 Å². The minimum atomic E-state index is -4.72. The SMILES string of the molecule is COC(=O)[C@@H](Cc1cccc(F)c1)NC(=O)c1ccccc1C(F)(F)F. The van der Waals surface area contributed by atoms with Gasteiger partial charge in [0, 0.05) is 6.42 Å². The first-order valence-corrected chi connectivity index (χ1v) is 7.51. The monoisotopic (exact) mass is 369 g/mol. The van der Waals surface area contributed by atoms with Crippen molar-refractivity contribution < 1.29 is 31.9 Å². The third-order valence-electron chi connectivity index (χ3n) is 3.60. The van der Waals surface area contributed by atoms with E-state index in [1.165, 1.54) is 24.3 Å². The van der Waals surface area contributed by atoms with Crippen LogP contribution in [-0.2, 0) is 22.1 Å². The van der Waals surface area contributed by atoms with Crippen LogP contribution in [0.5, 0.6) is 0 Å². The van der Waals surface area contributed by atoms with E-state index in [0.717, 1.165) is 31.4 Å². The lowest BCUT2D eigenvalue weighted by Gasteiger charge is -2.18. The number of carbonyl (C=O) groups excluding carboxylic acids is 2. The first-order chi connectivity index (χ1) is 12.2. The molecule has 0 fully saturated rings. The number of hydrogen-bond donors (Lipinski definition) is 1. The first kappa shape index (κ1) is 19.4. The molecule has 4 nitrogen and oxygen atoms in total. The smallest absolute Gasteiger partial charge is 0.417 e. The average Bonchev–Trinajstić information content (AvgIpc) is 2.59. The van der Waals surface area contributed by atoms with Gasteiger partial charge in [0.15, 0.2) is 0 Å². The predicted molar refractivity (Wildman–Crippen MR) is 84.8 cm³/mol. The van der Waals surface area contributed by atoms with Crippen molar-refractivity contribution in [1.82, 2.24) is 5.32 Å². The third-order valence-corrected chi connectivity index (χ3v) is 3.60. The summed E-state index contributed by atoms with van der Waals surface area (Å²) in [7, 11) is 1.08. The lowest BCUT2D eigenvalue weighted by atomic mass is 10.0. The van der Waals surface area contributed by atoms with Crippen LogP contribution in [0.3, 0.4) is 0 Å². The Bertz CT molecular complexity index is 805. The molecule has 0 bridgehead atoms. The van der Waals surface area contributed by atoms with Crippen LogP contribution in [0.1, 0.15) is 21.5 Å². The molecule has 0 unspecified atom stereocenters. The fourth-order valence-electron chi connectivity index (χ4n) is 2.40. The minimum absolute atomic E-state index is 0.135. The van der Waals surface area contributed by atoms with Crippen molar-refractivity contribution in [2.45, 2.75) is 18.6 Å². The number of amides is 1. The first-order valence-electron chi connectivity index (χ1n) is 7.51. The minimum Gasteiger partial charge on any atom is -0.467 e. The fourth-order valence-corrected chi connectivity index (χ4v) is 2.40. The van der Waals surface area contributed by atoms with E-state index in [1.807, 2.05) is 0 Å². The zero-order chi connectivity index (χ0) is 19.3. The van der Waals surface area contributed by atoms with Gasteiger partial charge in [-0.1, -0.05) is 24.3 Å². The molecule has 138 valence electrons. The van der Waals surface area contributed by atoms with Crippen LogP contribution in [0.25, 0.3) is 0 Å². The molecule has 0 heterocycles. The highest BCUT2D eigenvalue weighted by molar-refractivity contribution is 5.98. The lowest BCUT2D eigenvalue weighted by molar-refractivity contribution is -0.142. The van der Waals surface area contributed by atoms with Crippen LogP contribution in [0.2, 0.25) is 0 Å². The molecule has 1 amide bonds. The number of benzene rings is 2. The number of halogens is 4. The molecule has 26 heavy (non-hydrogen) atoms. The molecular formula is C18H15F4NO3. The Morgan fingerprint density at radius 1 is 1.12 bits per heavy atom. The zero-order valence-corrected chi connectivity index (χ0v) is 13.6. The topological polar surface area (TPSA) is 55.4 Å². The maximum absolute atomic E-state index is 13.3. The second kappa shape index (κ2) is 7.99. The van der Waals surface area contributed by atoms with E-state index in [0.29, 0.717) is 5.56 Å². The van der Waals surface area contributed by atoms with Gasteiger partial charge in [0.2, 0.25) is 0 Å². The largest absolute Gasteiger partial charge is 0.467 e. The summed E-state index contributed by atoms with van der Waals surface area (Å²) in [6.45, 7) is 0. The fraction of sp³-hybridized carbons (Fsp3) is 0.222. The van der Waals surface area contributed by atoms with E-state index in [-0.39, 0.29) is 6.42 Å². The third kappa shape index (κ3) is 4.81. The number of esters is 1. The molecule has 1 atom stereocenters. The maximum atomic E-state index is 13.3. The van der Waals surface area contributed by atoms with Crippen molar-refractivity contribution in [3.05, 3.63) is 71.0 Å². The van der Waals surface area contributed by atoms with Gasteiger partial charge in [-0.15, -0.1) is 0 Å². The van der Waals surface area contributed by atoms with Gasteiger partial charge >= 0.3 is 12.1 Å². The van der Waals surface area contributed by atoms with E-state index < -0.39 is 41.0 Å². The second-order valence-corrected chi connectivity index (χ2v) is 5.43. The summed E-state index contributed by atoms with van der Waals surface area (Å²) >= 11 is 0. The second-order valence-electron chi connectivity index (χ2n) is 5.43. The summed E-state index contributed by atoms with van der Waals surface area (Å²) in [5.74, 6) is -2.48. The molecular weight excluding hydrogens is 354 g/mol. The Morgan fingerprint density at radius 2 is 1.81 bits per heavy atom. The van der Waals surface area contributed by atoms with Crippen molar-refractivity contribution in [2.24, 2.45) is 0 Å². The number of methoxy groups -OCH3 is 1. The van der Waals surface area contributed by atoms with Crippen LogP contribution < -0.4 is 5.32 Å². The van der Waals surface area contributed by atoms with Crippen molar-refractivity contribution in [2.75, 3.05) is 7.11 Å². The Labute approximate surface area is 146 Å². The Balaban J connectivity index is 2.26. The summed E-state index contributed by atoms with van der Waals surface area (Å²) < 4.78 is 57.0. The van der Waals surface area contributed by atoms with Gasteiger partial charge in [0.25, 0.3) is 5.91 Å². The zero-order valence-electron chi connectivity index (χ0n) is 13.6. The quantitative estimate of drug-likeness (QED) is 0.650. The van der Waals surface area contributed by atoms with Gasteiger partial charge in [0.1, 0.15) is 11.9 Å². The van der Waals surface area contributed by atoms with Crippen LogP contribution in [0, 0.1) is 5.82 Å². The predicted octanol–water partition coefficient (Wildman–Crippen LogP) is 3.36. The number of ether oxygens (including phenoxy) is 1. The molecule has 2 aromatic carbocycles. The average molecular weight is 369 g/mol. The number of rotatable bonds is 5. The molecule has 0 spiro atoms. The molecule has 0 aliphatic heterocycles. The highest BCUT2D eigenvalue weighted by Crippen LogP contribution is 2.31. The molecule has 0 radical (unpaired) electrons. The van der Waals surface area contributed by atoms with Crippen molar-refractivity contribution >= 4 is 11.9 Å². The van der Waals surface area contributed by atoms with Gasteiger partial charge in [-0.2, -0.15) is 13.2 Å². The normalized spacial score (nSPS) is 12.3. The van der Waals surface area contributed by atoms with E-state index >= 15 is 0 Å². The van der Waals surface area contributed by atoms with E-state index in [4.69, 9.17) is 0 Å². The van der Waals surface area contributed by atoms with Gasteiger partial charge in [-0.05, 0) is 29.8 Å². The Hall–Kier alpha value is -2.90. The Morgan fingerprint density at radius 3 is 2.42 bits per heavy atom. The van der Waals surface area contributed by atoms with Crippen LogP contribution in [0.4, 0.5) is 17.6 Å². The van der Waals surface area contributed by atoms with E-state index in [9.17, 15) is 27.2 Å². The number of nitrogens with one attached hydrogen (secondary N) is 1. The summed E-state index contributed by atoms with van der Waals surface area (Å²) in [5.41, 5.74) is -1.36. The van der Waals surface area contributed by atoms with Gasteiger partial charge in [-0.25, -0.2) is 9.18 Å². The summed E-state index contributed by atoms with van der Waals surface area (Å²) in [5, 5.41) is 2.23. The molecule has 0 aliphatic rings. The molecule has 0 aromatic heterocycles. The molecule has 8 heteroatoms.